The van der Waals surface area contributed by atoms with Crippen LogP contribution in [0.1, 0.15) is 25.3 Å². The van der Waals surface area contributed by atoms with Crippen LogP contribution in [0, 0.1) is 0 Å². The Morgan fingerprint density at radius 1 is 1.55 bits per heavy atom. The van der Waals surface area contributed by atoms with Crippen LogP contribution in [0.15, 0.2) is 35.8 Å². The van der Waals surface area contributed by atoms with Gasteiger partial charge in [-0.05, 0) is 37.5 Å². The van der Waals surface area contributed by atoms with Crippen molar-refractivity contribution in [1.29, 1.82) is 0 Å². The molecule has 0 bridgehead atoms. The average molecular weight is 317 g/mol. The second-order valence-corrected chi connectivity index (χ2v) is 6.47. The fourth-order valence-corrected chi connectivity index (χ4v) is 3.03. The van der Waals surface area contributed by atoms with Crippen molar-refractivity contribution in [2.24, 2.45) is 0 Å². The molecular weight excluding hydrogens is 298 g/mol. The molecule has 1 amide bonds. The maximum Gasteiger partial charge on any atom is 0.243 e. The van der Waals surface area contributed by atoms with Gasteiger partial charge in [-0.3, -0.25) is 9.69 Å². The van der Waals surface area contributed by atoms with E-state index in [0.29, 0.717) is 17.7 Å². The van der Waals surface area contributed by atoms with E-state index < -0.39 is 0 Å². The van der Waals surface area contributed by atoms with Gasteiger partial charge < -0.3 is 10.4 Å². The number of thiazole rings is 1. The van der Waals surface area contributed by atoms with E-state index in [9.17, 15) is 9.90 Å². The molecule has 2 N–H and O–H groups in total. The molecule has 1 heterocycles. The standard InChI is InChI=1S/C16H19N3O2S/c1-11(15(21)18-16-17-7-8-22-16)19(13-5-6-13)10-12-3-2-4-14(20)9-12/h2-4,7-9,11,13,20H,5-6,10H2,1H3,(H,17,18,21)/t11-/m1/s1. The van der Waals surface area contributed by atoms with E-state index in [1.165, 1.54) is 11.3 Å². The predicted molar refractivity (Wildman–Crippen MR) is 86.9 cm³/mol. The molecule has 1 aliphatic carbocycles. The summed E-state index contributed by atoms with van der Waals surface area (Å²) in [6.45, 7) is 2.58. The van der Waals surface area contributed by atoms with E-state index in [1.807, 2.05) is 24.4 Å². The zero-order valence-electron chi connectivity index (χ0n) is 12.4. The first-order chi connectivity index (χ1) is 10.6. The first-order valence-electron chi connectivity index (χ1n) is 7.37. The van der Waals surface area contributed by atoms with Crippen LogP contribution in [0.4, 0.5) is 5.13 Å². The SMILES string of the molecule is C[C@H](C(=O)Nc1nccs1)N(Cc1cccc(O)c1)C1CC1. The number of aromatic nitrogens is 1. The Bertz CT molecular complexity index is 641. The molecule has 3 rings (SSSR count). The van der Waals surface area contributed by atoms with E-state index >= 15 is 0 Å². The Morgan fingerprint density at radius 3 is 3.00 bits per heavy atom. The normalized spacial score (nSPS) is 15.7. The van der Waals surface area contributed by atoms with Gasteiger partial charge in [0.25, 0.3) is 0 Å². The van der Waals surface area contributed by atoms with Gasteiger partial charge in [-0.15, -0.1) is 11.3 Å². The quantitative estimate of drug-likeness (QED) is 0.860. The minimum Gasteiger partial charge on any atom is -0.508 e. The first kappa shape index (κ1) is 15.0. The van der Waals surface area contributed by atoms with Gasteiger partial charge in [0.1, 0.15) is 5.75 Å². The average Bonchev–Trinajstić information content (AvgIpc) is 3.21. The molecule has 1 atom stereocenters. The van der Waals surface area contributed by atoms with Crippen LogP contribution in [-0.2, 0) is 11.3 Å². The lowest BCUT2D eigenvalue weighted by Gasteiger charge is -2.28. The molecule has 0 unspecified atom stereocenters. The monoisotopic (exact) mass is 317 g/mol. The molecule has 5 nitrogen and oxygen atoms in total. The number of nitrogens with one attached hydrogen (secondary N) is 1. The van der Waals surface area contributed by atoms with Crippen molar-refractivity contribution in [2.45, 2.75) is 38.4 Å². The molecule has 0 saturated heterocycles. The van der Waals surface area contributed by atoms with Crippen LogP contribution in [0.3, 0.4) is 0 Å². The molecule has 1 saturated carbocycles. The largest absolute Gasteiger partial charge is 0.508 e. The van der Waals surface area contributed by atoms with Gasteiger partial charge in [0, 0.05) is 24.2 Å². The molecule has 0 radical (unpaired) electrons. The molecule has 2 aromatic rings. The van der Waals surface area contributed by atoms with Crippen LogP contribution in [0.2, 0.25) is 0 Å². The summed E-state index contributed by atoms with van der Waals surface area (Å²) >= 11 is 1.42. The van der Waals surface area contributed by atoms with Crippen molar-refractivity contribution < 1.29 is 9.90 Å². The fourth-order valence-electron chi connectivity index (χ4n) is 2.50. The van der Waals surface area contributed by atoms with Gasteiger partial charge >= 0.3 is 0 Å². The number of carbonyl (C=O) groups excluding carboxylic acids is 1. The molecule has 1 fully saturated rings. The Kier molecular flexibility index (Phi) is 4.40. The summed E-state index contributed by atoms with van der Waals surface area (Å²) in [5.41, 5.74) is 1.01. The highest BCUT2D eigenvalue weighted by molar-refractivity contribution is 7.13. The molecule has 0 aliphatic heterocycles. The number of benzene rings is 1. The number of nitrogens with zero attached hydrogens (tertiary/aromatic N) is 2. The maximum atomic E-state index is 12.4. The second-order valence-electron chi connectivity index (χ2n) is 5.58. The maximum absolute atomic E-state index is 12.4. The third kappa shape index (κ3) is 3.64. The summed E-state index contributed by atoms with van der Waals surface area (Å²) < 4.78 is 0. The molecule has 0 spiro atoms. The van der Waals surface area contributed by atoms with Gasteiger partial charge in [-0.1, -0.05) is 12.1 Å². The summed E-state index contributed by atoms with van der Waals surface area (Å²) in [7, 11) is 0. The lowest BCUT2D eigenvalue weighted by atomic mass is 10.1. The van der Waals surface area contributed by atoms with Crippen LogP contribution >= 0.6 is 11.3 Å². The highest BCUT2D eigenvalue weighted by Crippen LogP contribution is 2.31. The summed E-state index contributed by atoms with van der Waals surface area (Å²) in [6, 6.07) is 7.42. The van der Waals surface area contributed by atoms with E-state index in [4.69, 9.17) is 0 Å². The minimum atomic E-state index is -0.237. The summed E-state index contributed by atoms with van der Waals surface area (Å²) in [5.74, 6) is 0.218. The predicted octanol–water partition coefficient (Wildman–Crippen LogP) is 2.84. The molecule has 1 aliphatic rings. The molecule has 1 aromatic carbocycles. The number of aromatic hydroxyl groups is 1. The van der Waals surface area contributed by atoms with Gasteiger partial charge in [0.15, 0.2) is 5.13 Å². The van der Waals surface area contributed by atoms with Crippen LogP contribution < -0.4 is 5.32 Å². The Morgan fingerprint density at radius 2 is 2.36 bits per heavy atom. The van der Waals surface area contributed by atoms with Gasteiger partial charge in [-0.2, -0.15) is 0 Å². The number of anilines is 1. The zero-order chi connectivity index (χ0) is 15.5. The highest BCUT2D eigenvalue weighted by Gasteiger charge is 2.35. The summed E-state index contributed by atoms with van der Waals surface area (Å²) in [5, 5.41) is 14.9. The van der Waals surface area contributed by atoms with Crippen LogP contribution in [0.25, 0.3) is 0 Å². The van der Waals surface area contributed by atoms with Crippen molar-refractivity contribution >= 4 is 22.4 Å². The van der Waals surface area contributed by atoms with E-state index in [1.54, 1.807) is 18.3 Å². The topological polar surface area (TPSA) is 65.5 Å². The molecular formula is C16H19N3O2S. The minimum absolute atomic E-state index is 0.0398. The molecule has 1 aromatic heterocycles. The van der Waals surface area contributed by atoms with Crippen molar-refractivity contribution in [3.05, 3.63) is 41.4 Å². The number of hydrogen-bond acceptors (Lipinski definition) is 5. The number of hydrogen-bond donors (Lipinski definition) is 2. The van der Waals surface area contributed by atoms with Gasteiger partial charge in [0.05, 0.1) is 6.04 Å². The van der Waals surface area contributed by atoms with E-state index in [2.05, 4.69) is 15.2 Å². The highest BCUT2D eigenvalue weighted by atomic mass is 32.1. The van der Waals surface area contributed by atoms with Gasteiger partial charge in [-0.25, -0.2) is 4.98 Å². The first-order valence-corrected chi connectivity index (χ1v) is 8.25. The zero-order valence-corrected chi connectivity index (χ0v) is 13.2. The van der Waals surface area contributed by atoms with Gasteiger partial charge in [0.2, 0.25) is 5.91 Å². The second kappa shape index (κ2) is 6.46. The van der Waals surface area contributed by atoms with E-state index in [0.717, 1.165) is 18.4 Å². The van der Waals surface area contributed by atoms with Crippen LogP contribution in [-0.4, -0.2) is 33.0 Å². The Balaban J connectivity index is 1.69. The third-order valence-electron chi connectivity index (χ3n) is 3.83. The lowest BCUT2D eigenvalue weighted by molar-refractivity contribution is -0.121. The molecule has 116 valence electrons. The number of phenolic OH excluding ortho intramolecular Hbond substituents is 1. The number of amides is 1. The number of carbonyl (C=O) groups is 1. The smallest absolute Gasteiger partial charge is 0.243 e. The molecule has 6 heteroatoms. The van der Waals surface area contributed by atoms with Crippen molar-refractivity contribution in [3.63, 3.8) is 0 Å². The Labute approximate surface area is 133 Å². The van der Waals surface area contributed by atoms with E-state index in [-0.39, 0.29) is 17.7 Å². The summed E-state index contributed by atoms with van der Waals surface area (Å²) in [6.07, 6.45) is 3.91. The van der Waals surface area contributed by atoms with Crippen molar-refractivity contribution in [3.8, 4) is 5.75 Å². The van der Waals surface area contributed by atoms with Crippen LogP contribution in [0.5, 0.6) is 5.75 Å². The number of rotatable bonds is 6. The molecule has 22 heavy (non-hydrogen) atoms. The van der Waals surface area contributed by atoms with Crippen molar-refractivity contribution in [1.82, 2.24) is 9.88 Å². The van der Waals surface area contributed by atoms with Crippen molar-refractivity contribution in [2.75, 3.05) is 5.32 Å². The third-order valence-corrected chi connectivity index (χ3v) is 4.52. The number of phenols is 1. The fraction of sp³-hybridized carbons (Fsp3) is 0.375. The summed E-state index contributed by atoms with van der Waals surface area (Å²) in [4.78, 5) is 18.7. The lowest BCUT2D eigenvalue weighted by Crippen LogP contribution is -2.42. The Hall–Kier alpha value is -1.92.